The molecule has 0 radical (unpaired) electrons. The Balaban J connectivity index is 1.64. The average molecular weight is 415 g/mol. The van der Waals surface area contributed by atoms with Gasteiger partial charge in [-0.15, -0.1) is 0 Å². The summed E-state index contributed by atoms with van der Waals surface area (Å²) in [4.78, 5) is 31.2. The van der Waals surface area contributed by atoms with Crippen molar-refractivity contribution in [3.63, 3.8) is 0 Å². The highest BCUT2D eigenvalue weighted by atomic mass is 32.2. The maximum Gasteiger partial charge on any atom is 0.339 e. The smallest absolute Gasteiger partial charge is 0.339 e. The number of rotatable bonds is 6. The van der Waals surface area contributed by atoms with Crippen LogP contribution in [0.25, 0.3) is 0 Å². The molecule has 7 heteroatoms. The highest BCUT2D eigenvalue weighted by Crippen LogP contribution is 2.27. The minimum Gasteiger partial charge on any atom is -0.449 e. The number of carbonyl (C=O) groups is 2. The quantitative estimate of drug-likeness (QED) is 0.662. The minimum absolute atomic E-state index is 0.275. The molecule has 5 nitrogen and oxygen atoms in total. The van der Waals surface area contributed by atoms with Gasteiger partial charge in [0.05, 0.1) is 12.1 Å². The normalized spacial score (nSPS) is 14.3. The zero-order valence-corrected chi connectivity index (χ0v) is 17.5. The van der Waals surface area contributed by atoms with Crippen molar-refractivity contribution in [2.24, 2.45) is 4.99 Å². The molecule has 0 N–H and O–H groups in total. The predicted octanol–water partition coefficient (Wildman–Crippen LogP) is 4.23. The lowest BCUT2D eigenvalue weighted by molar-refractivity contribution is -0.126. The van der Waals surface area contributed by atoms with Crippen LogP contribution >= 0.6 is 23.5 Å². The van der Waals surface area contributed by atoms with Gasteiger partial charge in [-0.1, -0.05) is 59.9 Å². The molecular weight excluding hydrogens is 392 g/mol. The van der Waals surface area contributed by atoms with Gasteiger partial charge in [-0.3, -0.25) is 9.79 Å². The number of carbonyl (C=O) groups excluding carboxylic acids is 2. The highest BCUT2D eigenvalue weighted by molar-refractivity contribution is 8.38. The zero-order chi connectivity index (χ0) is 19.9. The Morgan fingerprint density at radius 1 is 1.18 bits per heavy atom. The number of nitrogens with zero attached hydrogens (tertiary/aromatic N) is 2. The second-order valence-electron chi connectivity index (χ2n) is 6.22. The fourth-order valence-electron chi connectivity index (χ4n) is 2.71. The van der Waals surface area contributed by atoms with E-state index in [0.717, 1.165) is 27.9 Å². The van der Waals surface area contributed by atoms with E-state index >= 15 is 0 Å². The second kappa shape index (κ2) is 9.80. The average Bonchev–Trinajstić information content (AvgIpc) is 3.25. The highest BCUT2D eigenvalue weighted by Gasteiger charge is 2.24. The summed E-state index contributed by atoms with van der Waals surface area (Å²) in [6.07, 6.45) is -0.881. The molecule has 28 heavy (non-hydrogen) atoms. The maximum atomic E-state index is 12.7. The van der Waals surface area contributed by atoms with Crippen LogP contribution in [0.4, 0.5) is 5.69 Å². The van der Waals surface area contributed by atoms with Crippen molar-refractivity contribution < 1.29 is 14.3 Å². The number of esters is 1. The molecule has 2 aromatic rings. The van der Waals surface area contributed by atoms with Crippen molar-refractivity contribution in [3.05, 3.63) is 65.7 Å². The van der Waals surface area contributed by atoms with Crippen LogP contribution in [0, 0.1) is 0 Å². The van der Waals surface area contributed by atoms with Crippen LogP contribution < -0.4 is 4.90 Å². The zero-order valence-electron chi connectivity index (χ0n) is 15.8. The molecule has 1 aliphatic rings. The number of para-hydroxylation sites is 1. The van der Waals surface area contributed by atoms with Gasteiger partial charge in [-0.2, -0.15) is 0 Å². The van der Waals surface area contributed by atoms with Crippen molar-refractivity contribution in [3.8, 4) is 0 Å². The number of anilines is 1. The van der Waals surface area contributed by atoms with Gasteiger partial charge in [-0.25, -0.2) is 4.79 Å². The number of ether oxygens (including phenoxy) is 1. The molecule has 146 valence electrons. The largest absolute Gasteiger partial charge is 0.449 e. The fourth-order valence-corrected chi connectivity index (χ4v) is 4.73. The van der Waals surface area contributed by atoms with Crippen LogP contribution in [-0.4, -0.2) is 41.7 Å². The van der Waals surface area contributed by atoms with Crippen LogP contribution in [-0.2, 0) is 15.3 Å². The van der Waals surface area contributed by atoms with Crippen molar-refractivity contribution >= 4 is 45.5 Å². The monoisotopic (exact) mass is 414 g/mol. The Morgan fingerprint density at radius 3 is 2.61 bits per heavy atom. The topological polar surface area (TPSA) is 59.0 Å². The van der Waals surface area contributed by atoms with Crippen molar-refractivity contribution in [1.29, 1.82) is 0 Å². The summed E-state index contributed by atoms with van der Waals surface area (Å²) in [5.41, 5.74) is 2.12. The van der Waals surface area contributed by atoms with Crippen LogP contribution in [0.5, 0.6) is 0 Å². The second-order valence-corrected chi connectivity index (χ2v) is 8.53. The number of thioether (sulfide) groups is 2. The van der Waals surface area contributed by atoms with Gasteiger partial charge in [0.15, 0.2) is 6.10 Å². The Labute approximate surface area is 173 Å². The summed E-state index contributed by atoms with van der Waals surface area (Å²) in [6.45, 7) is 2.45. The van der Waals surface area contributed by atoms with Gasteiger partial charge < -0.3 is 9.64 Å². The van der Waals surface area contributed by atoms with E-state index in [4.69, 9.17) is 4.74 Å². The van der Waals surface area contributed by atoms with Gasteiger partial charge >= 0.3 is 5.97 Å². The van der Waals surface area contributed by atoms with E-state index in [-0.39, 0.29) is 5.91 Å². The van der Waals surface area contributed by atoms with Gasteiger partial charge in [0.25, 0.3) is 5.91 Å². The van der Waals surface area contributed by atoms with Crippen molar-refractivity contribution in [2.45, 2.75) is 18.8 Å². The summed E-state index contributed by atoms with van der Waals surface area (Å²) in [5, 5.41) is 0. The number of benzene rings is 2. The van der Waals surface area contributed by atoms with E-state index in [9.17, 15) is 9.59 Å². The summed E-state index contributed by atoms with van der Waals surface area (Å²) in [7, 11) is 1.67. The van der Waals surface area contributed by atoms with Gasteiger partial charge in [-0.05, 0) is 30.7 Å². The summed E-state index contributed by atoms with van der Waals surface area (Å²) >= 11 is 3.36. The molecule has 0 unspecified atom stereocenters. The van der Waals surface area contributed by atoms with Crippen molar-refractivity contribution in [1.82, 2.24) is 0 Å². The number of hydrogen-bond acceptors (Lipinski definition) is 6. The predicted molar refractivity (Wildman–Crippen MR) is 117 cm³/mol. The molecule has 0 saturated carbocycles. The minimum atomic E-state index is -0.881. The van der Waals surface area contributed by atoms with E-state index in [1.807, 2.05) is 42.5 Å². The van der Waals surface area contributed by atoms with Gasteiger partial charge in [0.2, 0.25) is 0 Å². The summed E-state index contributed by atoms with van der Waals surface area (Å²) in [5.74, 6) is 0.895. The third-order valence-corrected chi connectivity index (χ3v) is 6.55. The number of likely N-dealkylation sites (N-methyl/N-ethyl adjacent to an activating group) is 1. The molecule has 1 heterocycles. The molecule has 0 aliphatic carbocycles. The first-order valence-corrected chi connectivity index (χ1v) is 10.9. The molecule has 0 saturated heterocycles. The standard InChI is InChI=1S/C21H22N2O3S2/c1-15(19(24)23(2)17-9-4-3-5-10-17)26-20(25)18-11-7-6-8-16(18)14-28-21-22-12-13-27-21/h3-11,15H,12-14H2,1-2H3/t15-/m1/s1. The first kappa shape index (κ1) is 20.5. The first-order chi connectivity index (χ1) is 13.6. The SMILES string of the molecule is C[C@@H](OC(=O)c1ccccc1CSC1=NCCS1)C(=O)N(C)c1ccccc1. The Bertz CT molecular complexity index is 871. The lowest BCUT2D eigenvalue weighted by Crippen LogP contribution is -2.37. The van der Waals surface area contributed by atoms with E-state index < -0.39 is 12.1 Å². The molecule has 1 aliphatic heterocycles. The Hall–Kier alpha value is -2.25. The Morgan fingerprint density at radius 2 is 1.89 bits per heavy atom. The summed E-state index contributed by atoms with van der Waals surface area (Å²) in [6, 6.07) is 16.6. The molecule has 1 atom stereocenters. The molecule has 0 aromatic heterocycles. The number of hydrogen-bond donors (Lipinski definition) is 0. The molecule has 0 spiro atoms. The maximum absolute atomic E-state index is 12.7. The molecule has 3 rings (SSSR count). The molecule has 0 fully saturated rings. The Kier molecular flexibility index (Phi) is 7.17. The van der Waals surface area contributed by atoms with Crippen LogP contribution in [0.3, 0.4) is 0 Å². The van der Waals surface area contributed by atoms with Crippen molar-refractivity contribution in [2.75, 3.05) is 24.2 Å². The fraction of sp³-hybridized carbons (Fsp3) is 0.286. The number of amides is 1. The van der Waals surface area contributed by atoms with E-state index in [1.165, 1.54) is 4.90 Å². The first-order valence-electron chi connectivity index (χ1n) is 8.98. The number of aliphatic imine (C=N–C) groups is 1. The van der Waals surface area contributed by atoms with Gasteiger partial charge in [0, 0.05) is 24.2 Å². The van der Waals surface area contributed by atoms with Crippen LogP contribution in [0.2, 0.25) is 0 Å². The van der Waals surface area contributed by atoms with E-state index in [2.05, 4.69) is 4.99 Å². The molecule has 0 bridgehead atoms. The van der Waals surface area contributed by atoms with Crippen LogP contribution in [0.1, 0.15) is 22.8 Å². The third-order valence-electron chi connectivity index (χ3n) is 4.25. The lowest BCUT2D eigenvalue weighted by atomic mass is 10.1. The third kappa shape index (κ3) is 5.17. The lowest BCUT2D eigenvalue weighted by Gasteiger charge is -2.22. The molecule has 1 amide bonds. The molecule has 2 aromatic carbocycles. The van der Waals surface area contributed by atoms with E-state index in [1.54, 1.807) is 49.6 Å². The molecular formula is C21H22N2O3S2. The van der Waals surface area contributed by atoms with Gasteiger partial charge in [0.1, 0.15) is 4.38 Å². The summed E-state index contributed by atoms with van der Waals surface area (Å²) < 4.78 is 6.53. The van der Waals surface area contributed by atoms with E-state index in [0.29, 0.717) is 11.3 Å². The van der Waals surface area contributed by atoms with Crippen LogP contribution in [0.15, 0.2) is 59.6 Å².